The minimum absolute atomic E-state index is 0.120. The quantitative estimate of drug-likeness (QED) is 0.867. The smallest absolute Gasteiger partial charge is 0.343 e. The fourth-order valence-corrected chi connectivity index (χ4v) is 2.78. The molecule has 0 fully saturated rings. The van der Waals surface area contributed by atoms with Crippen LogP contribution in [0.4, 0.5) is 0 Å². The summed E-state index contributed by atoms with van der Waals surface area (Å²) in [5.41, 5.74) is 0.783. The highest BCUT2D eigenvalue weighted by molar-refractivity contribution is 14.1. The number of pyridine rings is 1. The highest BCUT2D eigenvalue weighted by Crippen LogP contribution is 2.29. The lowest BCUT2D eigenvalue weighted by atomic mass is 10.2. The zero-order valence-corrected chi connectivity index (χ0v) is 11.6. The number of fused-ring (bicyclic) bond motifs is 1. The first-order chi connectivity index (χ1) is 8.10. The summed E-state index contributed by atoms with van der Waals surface area (Å²) in [5, 5.41) is 10.1. The molecule has 0 unspecified atom stereocenters. The zero-order chi connectivity index (χ0) is 12.6. The van der Waals surface area contributed by atoms with Crippen LogP contribution in [-0.2, 0) is 6.54 Å². The molecule has 2 aromatic rings. The number of methoxy groups -OCH3 is 1. The fourth-order valence-electron chi connectivity index (χ4n) is 1.87. The van der Waals surface area contributed by atoms with Crippen LogP contribution in [0.15, 0.2) is 12.3 Å². The van der Waals surface area contributed by atoms with Crippen molar-refractivity contribution >= 4 is 39.5 Å². The van der Waals surface area contributed by atoms with Crippen LogP contribution in [0, 0.1) is 3.70 Å². The minimum atomic E-state index is -1.02. The van der Waals surface area contributed by atoms with Crippen LogP contribution in [0.1, 0.15) is 17.3 Å². The first kappa shape index (κ1) is 12.2. The van der Waals surface area contributed by atoms with E-state index in [1.807, 2.05) is 17.6 Å². The molecule has 0 aliphatic heterocycles. The van der Waals surface area contributed by atoms with Crippen LogP contribution >= 0.6 is 22.6 Å². The van der Waals surface area contributed by atoms with Crippen molar-refractivity contribution in [1.82, 2.24) is 9.55 Å². The second kappa shape index (κ2) is 4.52. The molecule has 0 atom stereocenters. The Labute approximate surface area is 112 Å². The van der Waals surface area contributed by atoms with E-state index in [1.165, 1.54) is 7.11 Å². The summed E-state index contributed by atoms with van der Waals surface area (Å²) in [6.45, 7) is 2.68. The number of carbonyl (C=O) groups is 1. The monoisotopic (exact) mass is 346 g/mol. The van der Waals surface area contributed by atoms with Gasteiger partial charge >= 0.3 is 5.97 Å². The maximum absolute atomic E-state index is 11.3. The molecule has 5 nitrogen and oxygen atoms in total. The number of carboxylic acids is 1. The topological polar surface area (TPSA) is 64.4 Å². The van der Waals surface area contributed by atoms with E-state index in [1.54, 1.807) is 6.20 Å². The highest BCUT2D eigenvalue weighted by Gasteiger charge is 2.21. The molecule has 0 radical (unpaired) electrons. The van der Waals surface area contributed by atoms with Crippen LogP contribution in [0.25, 0.3) is 10.9 Å². The van der Waals surface area contributed by atoms with E-state index >= 15 is 0 Å². The summed E-state index contributed by atoms with van der Waals surface area (Å²) < 4.78 is 7.93. The molecule has 6 heteroatoms. The van der Waals surface area contributed by atoms with Crippen LogP contribution in [0.3, 0.4) is 0 Å². The van der Waals surface area contributed by atoms with E-state index in [-0.39, 0.29) is 11.4 Å². The van der Waals surface area contributed by atoms with E-state index < -0.39 is 5.97 Å². The van der Waals surface area contributed by atoms with Gasteiger partial charge in [0.25, 0.3) is 0 Å². The van der Waals surface area contributed by atoms with Gasteiger partial charge in [0.05, 0.1) is 16.3 Å². The third kappa shape index (κ3) is 1.86. The van der Waals surface area contributed by atoms with Crippen molar-refractivity contribution in [1.29, 1.82) is 0 Å². The molecule has 0 aliphatic rings. The van der Waals surface area contributed by atoms with Crippen LogP contribution in [0.2, 0.25) is 0 Å². The highest BCUT2D eigenvalue weighted by atomic mass is 127. The predicted octanol–water partition coefficient (Wildman–Crippen LogP) is 2.37. The van der Waals surface area contributed by atoms with Gasteiger partial charge in [0, 0.05) is 18.1 Å². The normalized spacial score (nSPS) is 10.8. The van der Waals surface area contributed by atoms with Crippen LogP contribution in [-0.4, -0.2) is 27.7 Å². The fraction of sp³-hybridized carbons (Fsp3) is 0.273. The second-order valence-electron chi connectivity index (χ2n) is 3.46. The number of hydrogen-bond donors (Lipinski definition) is 1. The molecule has 0 spiro atoms. The molecule has 0 aromatic carbocycles. The number of aromatic carboxylic acids is 1. The first-order valence-corrected chi connectivity index (χ1v) is 6.13. The molecule has 90 valence electrons. The van der Waals surface area contributed by atoms with Gasteiger partial charge in [-0.1, -0.05) is 0 Å². The molecular weight excluding hydrogens is 335 g/mol. The Morgan fingerprint density at radius 3 is 2.88 bits per heavy atom. The van der Waals surface area contributed by atoms with Crippen LogP contribution in [0.5, 0.6) is 5.88 Å². The summed E-state index contributed by atoms with van der Waals surface area (Å²) >= 11 is 2.18. The summed E-state index contributed by atoms with van der Waals surface area (Å²) in [4.78, 5) is 15.4. The Hall–Kier alpha value is -1.31. The Kier molecular flexibility index (Phi) is 3.23. The molecule has 1 N–H and O–H groups in total. The molecule has 2 rings (SSSR count). The van der Waals surface area contributed by atoms with Gasteiger partial charge in [-0.25, -0.2) is 9.78 Å². The minimum Gasteiger partial charge on any atom is -0.480 e. The van der Waals surface area contributed by atoms with Crippen molar-refractivity contribution < 1.29 is 14.6 Å². The number of aryl methyl sites for hydroxylation is 1. The summed E-state index contributed by atoms with van der Waals surface area (Å²) in [6.07, 6.45) is 1.63. The summed E-state index contributed by atoms with van der Waals surface area (Å²) in [5.74, 6) is -0.877. The maximum Gasteiger partial charge on any atom is 0.343 e. The number of carboxylic acid groups (broad SMARTS) is 1. The van der Waals surface area contributed by atoms with Gasteiger partial charge in [-0.3, -0.25) is 0 Å². The van der Waals surface area contributed by atoms with Crippen molar-refractivity contribution in [3.8, 4) is 5.88 Å². The number of halogens is 1. The van der Waals surface area contributed by atoms with Crippen molar-refractivity contribution in [2.75, 3.05) is 7.11 Å². The Morgan fingerprint density at radius 1 is 1.65 bits per heavy atom. The molecule has 0 amide bonds. The molecule has 2 heterocycles. The number of hydrogen-bond acceptors (Lipinski definition) is 3. The average Bonchev–Trinajstić information content (AvgIpc) is 2.62. The van der Waals surface area contributed by atoms with Gasteiger partial charge in [-0.2, -0.15) is 0 Å². The number of nitrogens with zero attached hydrogens (tertiary/aromatic N) is 2. The maximum atomic E-state index is 11.3. The van der Waals surface area contributed by atoms with Crippen molar-refractivity contribution in [3.05, 3.63) is 21.5 Å². The molecule has 2 aromatic heterocycles. The molecule has 0 aliphatic carbocycles. The number of rotatable bonds is 3. The number of aromatic nitrogens is 2. The van der Waals surface area contributed by atoms with Crippen molar-refractivity contribution in [3.63, 3.8) is 0 Å². The molecule has 0 saturated carbocycles. The lowest BCUT2D eigenvalue weighted by Crippen LogP contribution is -2.07. The van der Waals surface area contributed by atoms with E-state index in [2.05, 4.69) is 27.6 Å². The van der Waals surface area contributed by atoms with Gasteiger partial charge in [0.1, 0.15) is 5.56 Å². The van der Waals surface area contributed by atoms with Crippen LogP contribution < -0.4 is 4.74 Å². The lowest BCUT2D eigenvalue weighted by Gasteiger charge is -2.08. The van der Waals surface area contributed by atoms with Gasteiger partial charge < -0.3 is 14.4 Å². The number of ether oxygens (including phenoxy) is 1. The molecule has 17 heavy (non-hydrogen) atoms. The Morgan fingerprint density at radius 2 is 2.35 bits per heavy atom. The van der Waals surface area contributed by atoms with Crippen molar-refractivity contribution in [2.24, 2.45) is 0 Å². The Balaban J connectivity index is 2.91. The van der Waals surface area contributed by atoms with E-state index in [0.29, 0.717) is 12.1 Å². The second-order valence-corrected chi connectivity index (χ2v) is 4.57. The third-order valence-corrected chi connectivity index (χ3v) is 3.46. The summed E-state index contributed by atoms with van der Waals surface area (Å²) in [6, 6.07) is 1.91. The van der Waals surface area contributed by atoms with Crippen molar-refractivity contribution in [2.45, 2.75) is 13.5 Å². The largest absolute Gasteiger partial charge is 0.480 e. The zero-order valence-electron chi connectivity index (χ0n) is 9.40. The third-order valence-electron chi connectivity index (χ3n) is 2.57. The standard InChI is InChI=1S/C11H11IN2O3/c1-3-14-7(12)4-6-5-13-10(17-2)8(9(6)14)11(15)16/h4-5H,3H2,1-2H3,(H,15,16). The molecule has 0 bridgehead atoms. The lowest BCUT2D eigenvalue weighted by molar-refractivity contribution is 0.0694. The SMILES string of the molecule is CCn1c(I)cc2cnc(OC)c(C(=O)O)c21. The van der Waals surface area contributed by atoms with Gasteiger partial charge in [0.2, 0.25) is 5.88 Å². The van der Waals surface area contributed by atoms with E-state index in [4.69, 9.17) is 4.74 Å². The van der Waals surface area contributed by atoms with Gasteiger partial charge in [0.15, 0.2) is 0 Å². The Bertz CT molecular complexity index is 592. The molecular formula is C11H11IN2O3. The van der Waals surface area contributed by atoms with E-state index in [0.717, 1.165) is 9.09 Å². The first-order valence-electron chi connectivity index (χ1n) is 5.05. The van der Waals surface area contributed by atoms with Gasteiger partial charge in [-0.15, -0.1) is 0 Å². The molecule has 0 saturated heterocycles. The average molecular weight is 346 g/mol. The van der Waals surface area contributed by atoms with Gasteiger partial charge in [-0.05, 0) is 35.6 Å². The summed E-state index contributed by atoms with van der Waals surface area (Å²) in [7, 11) is 1.42. The predicted molar refractivity (Wildman–Crippen MR) is 71.6 cm³/mol. The van der Waals surface area contributed by atoms with E-state index in [9.17, 15) is 9.90 Å².